The lowest BCUT2D eigenvalue weighted by Gasteiger charge is -2.08. The molecule has 0 saturated carbocycles. The number of aromatic nitrogens is 1. The normalized spacial score (nSPS) is 11.5. The number of nitrogens with zero attached hydrogens (tertiary/aromatic N) is 1. The minimum absolute atomic E-state index is 0.114. The number of benzene rings is 2. The zero-order valence-electron chi connectivity index (χ0n) is 20.1. The monoisotopic (exact) mass is 534 g/mol. The number of hydrogen-bond donors (Lipinski definition) is 2. The van der Waals surface area contributed by atoms with Gasteiger partial charge in [-0.2, -0.15) is 0 Å². The van der Waals surface area contributed by atoms with Crippen molar-refractivity contribution in [2.24, 2.45) is 0 Å². The maximum atomic E-state index is 15.1. The zero-order chi connectivity index (χ0) is 26.9. The van der Waals surface area contributed by atoms with E-state index in [1.807, 2.05) is 0 Å². The molecule has 3 rings (SSSR count). The smallest absolute Gasteiger partial charge is 0.331 e. The van der Waals surface area contributed by atoms with E-state index in [1.165, 1.54) is 6.92 Å². The molecule has 0 radical (unpaired) electrons. The summed E-state index contributed by atoms with van der Waals surface area (Å²) in [6, 6.07) is 6.57. The first-order valence-electron chi connectivity index (χ1n) is 11.2. The molecule has 3 aromatic rings. The number of carboxylic acid groups (broad SMARTS) is 1. The van der Waals surface area contributed by atoms with Gasteiger partial charge in [-0.15, -0.1) is 11.3 Å². The minimum Gasteiger partial charge on any atom is -0.478 e. The van der Waals surface area contributed by atoms with Crippen LogP contribution in [0.15, 0.2) is 41.3 Å². The first kappa shape index (κ1) is 28.0. The van der Waals surface area contributed by atoms with Gasteiger partial charge in [0.05, 0.1) is 18.9 Å². The number of thiazole rings is 1. The van der Waals surface area contributed by atoms with Gasteiger partial charge in [-0.3, -0.25) is 10.1 Å². The molecule has 7 nitrogen and oxygen atoms in total. The third-order valence-electron chi connectivity index (χ3n) is 5.29. The Morgan fingerprint density at radius 1 is 1.14 bits per heavy atom. The van der Waals surface area contributed by atoms with Gasteiger partial charge < -0.3 is 14.6 Å². The van der Waals surface area contributed by atoms with Crippen molar-refractivity contribution >= 4 is 34.4 Å². The Morgan fingerprint density at radius 2 is 1.86 bits per heavy atom. The summed E-state index contributed by atoms with van der Waals surface area (Å²) >= 11 is 1.03. The average Bonchev–Trinajstić information content (AvgIpc) is 3.32. The number of aryl methyl sites for hydroxylation is 1. The van der Waals surface area contributed by atoms with Gasteiger partial charge in [-0.1, -0.05) is 12.1 Å². The number of methoxy groups -OCH3 is 1. The van der Waals surface area contributed by atoms with Crippen molar-refractivity contribution in [2.75, 3.05) is 32.2 Å². The number of ether oxygens (including phenoxy) is 2. The summed E-state index contributed by atoms with van der Waals surface area (Å²) in [5.74, 6) is -4.75. The van der Waals surface area contributed by atoms with Crippen LogP contribution in [0.25, 0.3) is 17.3 Å². The topological polar surface area (TPSA) is 97.8 Å². The molecule has 0 atom stereocenters. The van der Waals surface area contributed by atoms with Crippen LogP contribution in [0.4, 0.5) is 18.3 Å². The predicted molar refractivity (Wildman–Crippen MR) is 134 cm³/mol. The number of nitrogens with one attached hydrogen (secondary N) is 1. The highest BCUT2D eigenvalue weighted by atomic mass is 32.1. The maximum absolute atomic E-state index is 15.1. The molecule has 0 fully saturated rings. The molecule has 1 aromatic heterocycles. The van der Waals surface area contributed by atoms with Gasteiger partial charge in [0.2, 0.25) is 0 Å². The van der Waals surface area contributed by atoms with Gasteiger partial charge in [-0.25, -0.2) is 22.9 Å². The fourth-order valence-corrected chi connectivity index (χ4v) is 4.04. The van der Waals surface area contributed by atoms with Gasteiger partial charge in [-0.05, 0) is 49.6 Å². The Morgan fingerprint density at radius 3 is 2.54 bits per heavy atom. The highest BCUT2D eigenvalue weighted by molar-refractivity contribution is 7.14. The number of carbonyl (C=O) groups is 2. The molecule has 37 heavy (non-hydrogen) atoms. The van der Waals surface area contributed by atoms with E-state index in [1.54, 1.807) is 30.7 Å². The molecule has 0 bridgehead atoms. The molecule has 196 valence electrons. The Labute approximate surface area is 215 Å². The van der Waals surface area contributed by atoms with E-state index in [-0.39, 0.29) is 21.8 Å². The number of hydrogen-bond acceptors (Lipinski definition) is 6. The highest BCUT2D eigenvalue weighted by Crippen LogP contribution is 2.29. The van der Waals surface area contributed by atoms with Crippen molar-refractivity contribution in [2.45, 2.75) is 19.8 Å². The largest absolute Gasteiger partial charge is 0.478 e. The van der Waals surface area contributed by atoms with Crippen LogP contribution in [-0.2, 0) is 20.7 Å². The molecule has 2 aromatic carbocycles. The standard InChI is InChI=1S/C26H25F3N2O5S/c1-15(25(33)34)11-19-20(27)12-17(13-21(19)28)24(32)31-26-30-22(14-37-26)18-7-3-5-16(23(18)29)6-4-8-36-10-9-35-2/h3,5,7,11-14H,4,6,8-10H2,1-2H3,(H,33,34)(H,30,31,32). The number of rotatable bonds is 12. The molecule has 0 aliphatic heterocycles. The van der Waals surface area contributed by atoms with E-state index >= 15 is 4.39 Å². The van der Waals surface area contributed by atoms with Gasteiger partial charge in [0, 0.05) is 41.4 Å². The first-order valence-corrected chi connectivity index (χ1v) is 12.1. The summed E-state index contributed by atoms with van der Waals surface area (Å²) in [6.45, 7) is 2.62. The van der Waals surface area contributed by atoms with Crippen molar-refractivity contribution in [1.82, 2.24) is 4.98 Å². The molecular formula is C26H25F3N2O5S. The lowest BCUT2D eigenvalue weighted by molar-refractivity contribution is -0.132. The summed E-state index contributed by atoms with van der Waals surface area (Å²) in [5, 5.41) is 13.0. The van der Waals surface area contributed by atoms with E-state index in [0.717, 1.165) is 29.5 Å². The van der Waals surface area contributed by atoms with Gasteiger partial charge in [0.15, 0.2) is 5.13 Å². The Hall–Kier alpha value is -3.54. The van der Waals surface area contributed by atoms with Crippen molar-refractivity contribution in [3.05, 3.63) is 75.4 Å². The Bertz CT molecular complexity index is 1290. The maximum Gasteiger partial charge on any atom is 0.331 e. The quantitative estimate of drug-likeness (QED) is 0.233. The molecule has 0 aliphatic rings. The van der Waals surface area contributed by atoms with Crippen LogP contribution >= 0.6 is 11.3 Å². The number of halogens is 3. The first-order chi connectivity index (χ1) is 17.7. The second-order valence-corrected chi connectivity index (χ2v) is 8.82. The van der Waals surface area contributed by atoms with Crippen molar-refractivity contribution < 1.29 is 37.3 Å². The van der Waals surface area contributed by atoms with E-state index in [9.17, 15) is 18.4 Å². The molecular weight excluding hydrogens is 509 g/mol. The molecule has 0 saturated heterocycles. The van der Waals surface area contributed by atoms with Crippen LogP contribution in [-0.4, -0.2) is 48.9 Å². The summed E-state index contributed by atoms with van der Waals surface area (Å²) in [6.07, 6.45) is 1.94. The summed E-state index contributed by atoms with van der Waals surface area (Å²) in [5.41, 5.74) is -0.0844. The van der Waals surface area contributed by atoms with E-state index < -0.39 is 34.9 Å². The predicted octanol–water partition coefficient (Wildman–Crippen LogP) is 5.56. The molecule has 0 spiro atoms. The number of aliphatic carboxylic acids is 1. The highest BCUT2D eigenvalue weighted by Gasteiger charge is 2.18. The van der Waals surface area contributed by atoms with Crippen molar-refractivity contribution in [3.8, 4) is 11.3 Å². The van der Waals surface area contributed by atoms with Crippen molar-refractivity contribution in [3.63, 3.8) is 0 Å². The summed E-state index contributed by atoms with van der Waals surface area (Å²) in [4.78, 5) is 27.7. The second-order valence-electron chi connectivity index (χ2n) is 7.97. The van der Waals surface area contributed by atoms with Crippen LogP contribution in [0.3, 0.4) is 0 Å². The van der Waals surface area contributed by atoms with Crippen LogP contribution in [0, 0.1) is 17.5 Å². The molecule has 1 heterocycles. The zero-order valence-corrected chi connectivity index (χ0v) is 21.0. The van der Waals surface area contributed by atoms with Gasteiger partial charge in [0.1, 0.15) is 17.5 Å². The second kappa shape index (κ2) is 13.1. The minimum atomic E-state index is -1.32. The molecule has 11 heteroatoms. The number of anilines is 1. The average molecular weight is 535 g/mol. The fourth-order valence-electron chi connectivity index (χ4n) is 3.34. The molecule has 2 N–H and O–H groups in total. The molecule has 0 aliphatic carbocycles. The SMILES string of the molecule is COCCOCCCc1cccc(-c2csc(NC(=O)c3cc(F)c(C=C(C)C(=O)O)c(F)c3)n2)c1F. The van der Waals surface area contributed by atoms with Crippen LogP contribution in [0.2, 0.25) is 0 Å². The van der Waals surface area contributed by atoms with Crippen LogP contribution in [0.5, 0.6) is 0 Å². The van der Waals surface area contributed by atoms with Gasteiger partial charge in [0.25, 0.3) is 5.91 Å². The Balaban J connectivity index is 1.70. The summed E-state index contributed by atoms with van der Waals surface area (Å²) in [7, 11) is 1.58. The third-order valence-corrected chi connectivity index (χ3v) is 6.04. The van der Waals surface area contributed by atoms with Gasteiger partial charge >= 0.3 is 5.97 Å². The van der Waals surface area contributed by atoms with E-state index in [4.69, 9.17) is 14.6 Å². The number of carbonyl (C=O) groups excluding carboxylic acids is 1. The number of amides is 1. The van der Waals surface area contributed by atoms with Crippen LogP contribution < -0.4 is 5.32 Å². The lowest BCUT2D eigenvalue weighted by Crippen LogP contribution is -2.13. The van der Waals surface area contributed by atoms with E-state index in [2.05, 4.69) is 10.3 Å². The third kappa shape index (κ3) is 7.48. The molecule has 0 unspecified atom stereocenters. The Kier molecular flexibility index (Phi) is 9.95. The summed E-state index contributed by atoms with van der Waals surface area (Å²) < 4.78 is 54.2. The van der Waals surface area contributed by atoms with Crippen molar-refractivity contribution in [1.29, 1.82) is 0 Å². The number of carboxylic acids is 1. The molecule has 1 amide bonds. The lowest BCUT2D eigenvalue weighted by atomic mass is 10.0. The van der Waals surface area contributed by atoms with Crippen LogP contribution in [0.1, 0.15) is 34.8 Å². The van der Waals surface area contributed by atoms with E-state index in [0.29, 0.717) is 43.9 Å². The fraction of sp³-hybridized carbons (Fsp3) is 0.269.